The Hall–Kier alpha value is -5.49. The van der Waals surface area contributed by atoms with Crippen molar-refractivity contribution in [2.24, 2.45) is 11.8 Å². The fraction of sp³-hybridized carbons (Fsp3) is 0.762. The number of esters is 3. The Bertz CT molecular complexity index is 3010. The Morgan fingerprint density at radius 2 is 0.775 bits per heavy atom. The van der Waals surface area contributed by atoms with Gasteiger partial charge in [0.2, 0.25) is 5.91 Å². The molecule has 1 aliphatic heterocycles. The lowest BCUT2D eigenvalue weighted by Gasteiger charge is -2.45. The number of carbonyl (C=O) groups is 6. The standard InChI is InChI=1S/C101H168NO17P/c1-7-13-19-25-31-34-40-43-54-66-85(91(104)73-61-46-37-28-22-16-10-4)78-97(109)116-100-98(102-94(106)80-90(72-56-45-42-36-33-27-21-15-9-3)114-96(108)75-63-48-39-30-24-18-12-6)101(115-93(81-103)99(100)119-120(110,117-87-67-57-50-58-68-87)118-88-69-59-51-60-70-88)112-83-86(76-77-111-82-84-64-52-49-53-65-84)92(105)79-89(71-55-44-41-35-32-26-20-14-8-2)113-95(107)74-62-47-38-29-23-17-11-5/h49-53,57-60,64-65,67-70,85-86,89-90,93,98-101,103H,7-48,54-56,61-63,66,71-83H2,1-6H3,(H,102,106)/t85-,86+,89-,90-,93-,98-,99-,100-,101?/m1/s1. The van der Waals surface area contributed by atoms with Gasteiger partial charge in [-0.2, -0.15) is 0 Å². The first-order chi connectivity index (χ1) is 58.7. The molecule has 3 aromatic carbocycles. The van der Waals surface area contributed by atoms with Crippen LogP contribution in [0.1, 0.15) is 420 Å². The number of rotatable bonds is 81. The summed E-state index contributed by atoms with van der Waals surface area (Å²) in [5, 5.41) is 15.0. The van der Waals surface area contributed by atoms with E-state index in [0.717, 1.165) is 192 Å². The third-order valence-corrected chi connectivity index (χ3v) is 24.8. The molecular weight excluding hydrogens is 1530 g/mol. The van der Waals surface area contributed by atoms with E-state index < -0.39 is 87.0 Å². The Morgan fingerprint density at radius 3 is 1.19 bits per heavy atom. The molecule has 1 unspecified atom stereocenters. The molecule has 1 aliphatic rings. The lowest BCUT2D eigenvalue weighted by molar-refractivity contribution is -0.273. The predicted octanol–water partition coefficient (Wildman–Crippen LogP) is 26.9. The number of unbranched alkanes of at least 4 members (excludes halogenated alkanes) is 42. The normalized spacial score (nSPS) is 16.4. The average molecular weight is 1700 g/mol. The highest BCUT2D eigenvalue weighted by Crippen LogP contribution is 2.53. The lowest BCUT2D eigenvalue weighted by atomic mass is 9.90. The van der Waals surface area contributed by atoms with Crippen molar-refractivity contribution in [2.45, 2.75) is 463 Å². The van der Waals surface area contributed by atoms with Crippen LogP contribution in [0.4, 0.5) is 0 Å². The maximum Gasteiger partial charge on any atom is 0.588 e. The number of aliphatic hydroxyl groups excluding tert-OH is 1. The van der Waals surface area contributed by atoms with Gasteiger partial charge in [-0.15, -0.1) is 0 Å². The number of aliphatic hydroxyl groups is 1. The third-order valence-electron chi connectivity index (χ3n) is 23.4. The summed E-state index contributed by atoms with van der Waals surface area (Å²) in [6.07, 6.45) is 43.3. The van der Waals surface area contributed by atoms with Crippen molar-refractivity contribution in [3.05, 3.63) is 96.6 Å². The van der Waals surface area contributed by atoms with Crippen LogP contribution < -0.4 is 14.4 Å². The van der Waals surface area contributed by atoms with Crippen molar-refractivity contribution >= 4 is 43.2 Å². The first kappa shape index (κ1) is 107. The van der Waals surface area contributed by atoms with E-state index in [9.17, 15) is 19.5 Å². The summed E-state index contributed by atoms with van der Waals surface area (Å²) in [6, 6.07) is 24.7. The number of phosphoric ester groups is 1. The van der Waals surface area contributed by atoms with Gasteiger partial charge in [0.05, 0.1) is 32.7 Å². The number of carbonyl (C=O) groups excluding carboxylic acids is 6. The topological polar surface area (TPSA) is 235 Å². The summed E-state index contributed by atoms with van der Waals surface area (Å²) in [5.41, 5.74) is 0.936. The first-order valence-corrected chi connectivity index (χ1v) is 50.3. The number of benzene rings is 3. The van der Waals surface area contributed by atoms with Crippen LogP contribution in [-0.2, 0) is 72.9 Å². The van der Waals surface area contributed by atoms with Gasteiger partial charge in [-0.3, -0.25) is 33.3 Å². The highest BCUT2D eigenvalue weighted by molar-refractivity contribution is 7.49. The molecule has 684 valence electrons. The molecule has 4 rings (SSSR count). The maximum atomic E-state index is 16.0. The van der Waals surface area contributed by atoms with Gasteiger partial charge in [-0.25, -0.2) is 4.57 Å². The highest BCUT2D eigenvalue weighted by atomic mass is 31.2. The minimum absolute atomic E-state index is 0.0440. The van der Waals surface area contributed by atoms with E-state index in [1.54, 1.807) is 60.7 Å². The van der Waals surface area contributed by atoms with E-state index in [0.29, 0.717) is 51.4 Å². The van der Waals surface area contributed by atoms with Crippen molar-refractivity contribution in [2.75, 3.05) is 19.8 Å². The zero-order valence-electron chi connectivity index (χ0n) is 76.1. The van der Waals surface area contributed by atoms with Crippen LogP contribution in [0.15, 0.2) is 91.0 Å². The van der Waals surface area contributed by atoms with Crippen LogP contribution in [0.25, 0.3) is 0 Å². The van der Waals surface area contributed by atoms with Crippen LogP contribution in [0.5, 0.6) is 11.5 Å². The molecule has 0 saturated carbocycles. The minimum atomic E-state index is -5.01. The molecule has 1 heterocycles. The fourth-order valence-corrected chi connectivity index (χ4v) is 17.5. The Balaban J connectivity index is 1.92. The second-order valence-electron chi connectivity index (χ2n) is 34.4. The fourth-order valence-electron chi connectivity index (χ4n) is 16.1. The summed E-state index contributed by atoms with van der Waals surface area (Å²) >= 11 is 0. The van der Waals surface area contributed by atoms with Crippen LogP contribution in [0, 0.1) is 11.8 Å². The number of Topliss-reactive ketones (excluding diaryl/α,β-unsaturated/α-hetero) is 2. The summed E-state index contributed by atoms with van der Waals surface area (Å²) < 4.78 is 74.9. The molecule has 9 atom stereocenters. The van der Waals surface area contributed by atoms with E-state index in [2.05, 4.69) is 46.9 Å². The molecule has 0 aliphatic carbocycles. The molecule has 0 bridgehead atoms. The van der Waals surface area contributed by atoms with E-state index >= 15 is 18.9 Å². The largest absolute Gasteiger partial charge is 0.588 e. The molecule has 120 heavy (non-hydrogen) atoms. The van der Waals surface area contributed by atoms with Crippen LogP contribution in [0.2, 0.25) is 0 Å². The predicted molar refractivity (Wildman–Crippen MR) is 485 cm³/mol. The maximum absolute atomic E-state index is 16.0. The molecule has 0 spiro atoms. The number of amides is 1. The molecule has 2 N–H and O–H groups in total. The monoisotopic (exact) mass is 1700 g/mol. The molecule has 1 fully saturated rings. The molecule has 19 heteroatoms. The van der Waals surface area contributed by atoms with E-state index in [-0.39, 0.29) is 93.8 Å². The van der Waals surface area contributed by atoms with Crippen LogP contribution >= 0.6 is 7.82 Å². The van der Waals surface area contributed by atoms with Crippen LogP contribution in [0.3, 0.4) is 0 Å². The van der Waals surface area contributed by atoms with Gasteiger partial charge in [-0.1, -0.05) is 384 Å². The number of hydrogen-bond acceptors (Lipinski definition) is 17. The van der Waals surface area contributed by atoms with Gasteiger partial charge in [0.25, 0.3) is 0 Å². The SMILES string of the molecule is CCCCCCCCCCC[C@H](CC(=O)N[C@H]1C(OC[C@H](CCOCc2ccccc2)C(=O)C[C@@H](CCCCCCCCCCC)OC(=O)CCCCCCCCC)O[C@H](CO)[C@@H](OP(=O)(Oc2ccccc2)Oc2ccccc2)[C@@H]1OC(=O)C[C@@H](CCCCCCCCCCC)C(=O)CCCCCCCCC)OC(=O)CCCCCCCCC. The number of para-hydroxylation sites is 2. The summed E-state index contributed by atoms with van der Waals surface area (Å²) in [7, 11) is -5.01. The van der Waals surface area contributed by atoms with Crippen molar-refractivity contribution in [3.8, 4) is 11.5 Å². The van der Waals surface area contributed by atoms with Crippen molar-refractivity contribution in [1.82, 2.24) is 5.32 Å². The smallest absolute Gasteiger partial charge is 0.462 e. The summed E-state index contributed by atoms with van der Waals surface area (Å²) in [6.45, 7) is 12.4. The molecule has 0 aromatic heterocycles. The minimum Gasteiger partial charge on any atom is -0.462 e. The van der Waals surface area contributed by atoms with Gasteiger partial charge < -0.3 is 47.9 Å². The Kier molecular flexibility index (Phi) is 63.9. The third kappa shape index (κ3) is 52.3. The average Bonchev–Trinajstić information content (AvgIpc) is 0.771. The number of ketones is 2. The number of phosphoric acid groups is 1. The number of hydrogen-bond donors (Lipinski definition) is 2. The van der Waals surface area contributed by atoms with Crippen molar-refractivity contribution in [3.63, 3.8) is 0 Å². The Morgan fingerprint density at radius 1 is 0.400 bits per heavy atom. The lowest BCUT2D eigenvalue weighted by Crippen LogP contribution is -2.66. The van der Waals surface area contributed by atoms with Crippen molar-refractivity contribution in [1.29, 1.82) is 0 Å². The van der Waals surface area contributed by atoms with E-state index in [1.807, 2.05) is 30.3 Å². The van der Waals surface area contributed by atoms with E-state index in [4.69, 9.17) is 42.0 Å². The summed E-state index contributed by atoms with van der Waals surface area (Å²) in [4.78, 5) is 89.6. The zero-order chi connectivity index (χ0) is 86.4. The Labute approximate surface area is 728 Å². The zero-order valence-corrected chi connectivity index (χ0v) is 77.0. The number of nitrogens with one attached hydrogen (secondary N) is 1. The van der Waals surface area contributed by atoms with Gasteiger partial charge in [0, 0.05) is 44.1 Å². The molecule has 18 nitrogen and oxygen atoms in total. The van der Waals surface area contributed by atoms with Gasteiger partial charge in [0.15, 0.2) is 12.4 Å². The van der Waals surface area contributed by atoms with Gasteiger partial charge >= 0.3 is 25.7 Å². The second-order valence-corrected chi connectivity index (χ2v) is 35.9. The molecule has 0 radical (unpaired) electrons. The van der Waals surface area contributed by atoms with Crippen LogP contribution in [-0.4, -0.2) is 103 Å². The molecule has 1 saturated heterocycles. The number of ether oxygens (including phenoxy) is 6. The highest BCUT2D eigenvalue weighted by Gasteiger charge is 2.54. The molecular formula is C101H168NO17P. The van der Waals surface area contributed by atoms with Gasteiger partial charge in [0.1, 0.15) is 53.5 Å². The van der Waals surface area contributed by atoms with E-state index in [1.165, 1.54) is 89.9 Å². The second kappa shape index (κ2) is 71.8. The quantitative estimate of drug-likeness (QED) is 0.0231. The van der Waals surface area contributed by atoms with Gasteiger partial charge in [-0.05, 0) is 87.6 Å². The molecule has 3 aromatic rings. The summed E-state index contributed by atoms with van der Waals surface area (Å²) in [5.74, 6) is -3.99. The van der Waals surface area contributed by atoms with Crippen molar-refractivity contribution < 1.29 is 80.4 Å². The molecule has 1 amide bonds. The first-order valence-electron chi connectivity index (χ1n) is 48.9.